The first-order valence-electron chi connectivity index (χ1n) is 8.99. The summed E-state index contributed by atoms with van der Waals surface area (Å²) in [6.45, 7) is 0.209. The first kappa shape index (κ1) is 20.1. The first-order chi connectivity index (χ1) is 13.7. The second-order valence-electron chi connectivity index (χ2n) is 6.26. The van der Waals surface area contributed by atoms with E-state index in [1.807, 2.05) is 18.2 Å². The topological polar surface area (TPSA) is 67.2 Å². The quantitative estimate of drug-likeness (QED) is 0.543. The average Bonchev–Trinajstić information content (AvgIpc) is 3.10. The Kier molecular flexibility index (Phi) is 7.22. The van der Waals surface area contributed by atoms with E-state index in [2.05, 4.69) is 22.4 Å². The van der Waals surface area contributed by atoms with Crippen LogP contribution in [-0.4, -0.2) is 26.3 Å². The number of nitrogens with one attached hydrogen (secondary N) is 1. The zero-order chi connectivity index (χ0) is 19.8. The fraction of sp³-hybridized carbons (Fsp3) is 0.238. The van der Waals surface area contributed by atoms with Crippen LogP contribution in [0, 0.1) is 5.82 Å². The van der Waals surface area contributed by atoms with Gasteiger partial charge in [-0.2, -0.15) is 0 Å². The van der Waals surface area contributed by atoms with Gasteiger partial charge >= 0.3 is 0 Å². The number of carbonyl (C=O) groups excluding carboxylic acids is 1. The summed E-state index contributed by atoms with van der Waals surface area (Å²) >= 11 is 1.56. The summed E-state index contributed by atoms with van der Waals surface area (Å²) in [4.78, 5) is 16.7. The molecule has 0 saturated heterocycles. The summed E-state index contributed by atoms with van der Waals surface area (Å²) in [5, 5.41) is 13.1. The van der Waals surface area contributed by atoms with Crippen molar-refractivity contribution in [2.24, 2.45) is 0 Å². The molecule has 2 aromatic carbocycles. The number of hydrogen-bond donors (Lipinski definition) is 2. The van der Waals surface area contributed by atoms with E-state index in [4.69, 9.17) is 0 Å². The minimum atomic E-state index is -0.307. The van der Waals surface area contributed by atoms with Gasteiger partial charge in [-0.1, -0.05) is 54.2 Å². The van der Waals surface area contributed by atoms with Crippen LogP contribution in [0.4, 0.5) is 4.39 Å². The number of halogens is 1. The van der Waals surface area contributed by atoms with Crippen molar-refractivity contribution in [3.8, 4) is 0 Å². The van der Waals surface area contributed by atoms with Crippen molar-refractivity contribution in [2.45, 2.75) is 31.3 Å². The Bertz CT molecular complexity index is 898. The zero-order valence-electron chi connectivity index (χ0n) is 15.3. The maximum atomic E-state index is 13.0. The lowest BCUT2D eigenvalue weighted by atomic mass is 10.2. The van der Waals surface area contributed by atoms with Crippen molar-refractivity contribution < 1.29 is 14.3 Å². The predicted molar refractivity (Wildman–Crippen MR) is 107 cm³/mol. The molecular formula is C21H22FN3O2S. The Morgan fingerprint density at radius 3 is 2.57 bits per heavy atom. The Hall–Kier alpha value is -2.64. The minimum Gasteiger partial charge on any atom is -0.390 e. The molecule has 1 heterocycles. The van der Waals surface area contributed by atoms with Crippen molar-refractivity contribution in [1.29, 1.82) is 0 Å². The maximum Gasteiger partial charge on any atom is 0.240 e. The summed E-state index contributed by atoms with van der Waals surface area (Å²) in [6.07, 6.45) is 2.49. The summed E-state index contributed by atoms with van der Waals surface area (Å²) in [5.41, 5.74) is 2.66. The van der Waals surface area contributed by atoms with Crippen LogP contribution in [0.2, 0.25) is 0 Å². The molecule has 7 heteroatoms. The maximum absolute atomic E-state index is 13.0. The van der Waals surface area contributed by atoms with Gasteiger partial charge in [0.15, 0.2) is 5.16 Å². The molecule has 2 N–H and O–H groups in total. The van der Waals surface area contributed by atoms with Gasteiger partial charge in [-0.05, 0) is 29.7 Å². The molecule has 0 unspecified atom stereocenters. The van der Waals surface area contributed by atoms with Gasteiger partial charge in [0.1, 0.15) is 12.4 Å². The highest BCUT2D eigenvalue weighted by atomic mass is 32.2. The molecule has 146 valence electrons. The number of rotatable bonds is 9. The van der Waals surface area contributed by atoms with Crippen LogP contribution in [0.5, 0.6) is 0 Å². The number of nitrogens with zero attached hydrogens (tertiary/aromatic N) is 2. The van der Waals surface area contributed by atoms with Gasteiger partial charge in [0, 0.05) is 12.3 Å². The van der Waals surface area contributed by atoms with Gasteiger partial charge < -0.3 is 15.0 Å². The highest BCUT2D eigenvalue weighted by Gasteiger charge is 2.13. The smallest absolute Gasteiger partial charge is 0.240 e. The molecule has 1 aromatic heterocycles. The van der Waals surface area contributed by atoms with E-state index < -0.39 is 0 Å². The van der Waals surface area contributed by atoms with Gasteiger partial charge in [0.05, 0.1) is 18.5 Å². The SMILES string of the molecule is O=C(Cn1c(CO)cnc1SCCc1ccccc1)NCc1ccc(F)cc1. The fourth-order valence-corrected chi connectivity index (χ4v) is 3.69. The molecule has 0 radical (unpaired) electrons. The van der Waals surface area contributed by atoms with Gasteiger partial charge in [0.2, 0.25) is 5.91 Å². The summed E-state index contributed by atoms with van der Waals surface area (Å²) in [7, 11) is 0. The van der Waals surface area contributed by atoms with Gasteiger partial charge in [-0.3, -0.25) is 4.79 Å². The number of aryl methyl sites for hydroxylation is 1. The number of imidazole rings is 1. The zero-order valence-corrected chi connectivity index (χ0v) is 16.2. The molecule has 0 aliphatic rings. The number of aliphatic hydroxyl groups is 1. The first-order valence-corrected chi connectivity index (χ1v) is 9.97. The summed E-state index contributed by atoms with van der Waals surface area (Å²) in [5.74, 6) is 0.323. The number of carbonyl (C=O) groups is 1. The molecule has 28 heavy (non-hydrogen) atoms. The van der Waals surface area contributed by atoms with E-state index in [0.717, 1.165) is 17.7 Å². The van der Waals surface area contributed by atoms with Crippen LogP contribution in [0.15, 0.2) is 66.0 Å². The molecule has 3 rings (SSSR count). The second kappa shape index (κ2) is 10.1. The number of amides is 1. The van der Waals surface area contributed by atoms with Crippen molar-refractivity contribution >= 4 is 17.7 Å². The largest absolute Gasteiger partial charge is 0.390 e. The van der Waals surface area contributed by atoms with E-state index in [-0.39, 0.29) is 24.9 Å². The highest BCUT2D eigenvalue weighted by molar-refractivity contribution is 7.99. The van der Waals surface area contributed by atoms with Crippen molar-refractivity contribution in [3.05, 3.63) is 83.4 Å². The number of aromatic nitrogens is 2. The van der Waals surface area contributed by atoms with E-state index in [1.165, 1.54) is 17.7 Å². The molecule has 0 aliphatic heterocycles. The molecule has 0 bridgehead atoms. The van der Waals surface area contributed by atoms with Gasteiger partial charge in [-0.15, -0.1) is 0 Å². The van der Waals surface area contributed by atoms with Crippen LogP contribution >= 0.6 is 11.8 Å². The molecule has 0 spiro atoms. The highest BCUT2D eigenvalue weighted by Crippen LogP contribution is 2.20. The van der Waals surface area contributed by atoms with E-state index in [0.29, 0.717) is 17.4 Å². The number of aliphatic hydroxyl groups excluding tert-OH is 1. The Labute approximate surface area is 167 Å². The third-order valence-corrected chi connectivity index (χ3v) is 5.23. The monoisotopic (exact) mass is 399 g/mol. The van der Waals surface area contributed by atoms with Crippen molar-refractivity contribution in [3.63, 3.8) is 0 Å². The van der Waals surface area contributed by atoms with E-state index in [1.54, 1.807) is 34.7 Å². The van der Waals surface area contributed by atoms with E-state index in [9.17, 15) is 14.3 Å². The van der Waals surface area contributed by atoms with Gasteiger partial charge in [-0.25, -0.2) is 9.37 Å². The van der Waals surface area contributed by atoms with Crippen LogP contribution < -0.4 is 5.32 Å². The van der Waals surface area contributed by atoms with Crippen LogP contribution in [0.3, 0.4) is 0 Å². The lowest BCUT2D eigenvalue weighted by molar-refractivity contribution is -0.122. The summed E-state index contributed by atoms with van der Waals surface area (Å²) in [6, 6.07) is 16.2. The second-order valence-corrected chi connectivity index (χ2v) is 7.33. The third kappa shape index (κ3) is 5.68. The fourth-order valence-electron chi connectivity index (χ4n) is 2.71. The Morgan fingerprint density at radius 2 is 1.86 bits per heavy atom. The molecule has 0 saturated carbocycles. The lowest BCUT2D eigenvalue weighted by Crippen LogP contribution is -2.28. The van der Waals surface area contributed by atoms with Gasteiger partial charge in [0.25, 0.3) is 0 Å². The molecule has 3 aromatic rings. The van der Waals surface area contributed by atoms with Crippen LogP contribution in [0.1, 0.15) is 16.8 Å². The third-order valence-electron chi connectivity index (χ3n) is 4.23. The number of thioether (sulfide) groups is 1. The van der Waals surface area contributed by atoms with E-state index >= 15 is 0 Å². The molecule has 0 atom stereocenters. The number of benzene rings is 2. The predicted octanol–water partition coefficient (Wildman–Crippen LogP) is 3.17. The lowest BCUT2D eigenvalue weighted by Gasteiger charge is -2.11. The van der Waals surface area contributed by atoms with Crippen molar-refractivity contribution in [2.75, 3.05) is 5.75 Å². The normalized spacial score (nSPS) is 10.8. The molecule has 5 nitrogen and oxygen atoms in total. The van der Waals surface area contributed by atoms with Crippen LogP contribution in [0.25, 0.3) is 0 Å². The number of hydrogen-bond acceptors (Lipinski definition) is 4. The standard InChI is InChI=1S/C21H22FN3O2S/c22-18-8-6-17(7-9-18)12-23-20(27)14-25-19(15-26)13-24-21(25)28-11-10-16-4-2-1-3-5-16/h1-9,13,26H,10-12,14-15H2,(H,23,27). The summed E-state index contributed by atoms with van der Waals surface area (Å²) < 4.78 is 14.7. The molecule has 1 amide bonds. The Balaban J connectivity index is 1.56. The van der Waals surface area contributed by atoms with Crippen molar-refractivity contribution in [1.82, 2.24) is 14.9 Å². The Morgan fingerprint density at radius 1 is 1.11 bits per heavy atom. The minimum absolute atomic E-state index is 0.0742. The molecule has 0 fully saturated rings. The average molecular weight is 399 g/mol. The van der Waals surface area contributed by atoms with Crippen LogP contribution in [-0.2, 0) is 30.9 Å². The molecule has 0 aliphatic carbocycles. The molecular weight excluding hydrogens is 377 g/mol.